The van der Waals surface area contributed by atoms with E-state index >= 15 is 0 Å². The first-order valence-electron chi connectivity index (χ1n) is 5.99. The van der Waals surface area contributed by atoms with Crippen LogP contribution in [0.25, 0.3) is 0 Å². The molecule has 1 nitrogen and oxygen atoms in total. The Balaban J connectivity index is 2.65. The van der Waals surface area contributed by atoms with E-state index in [0.29, 0.717) is 5.25 Å². The summed E-state index contributed by atoms with van der Waals surface area (Å²) in [6.07, 6.45) is 1.21. The molecule has 0 amide bonds. The Bertz CT molecular complexity index is 336. The van der Waals surface area contributed by atoms with Crippen molar-refractivity contribution in [2.24, 2.45) is 5.73 Å². The van der Waals surface area contributed by atoms with Crippen molar-refractivity contribution in [3.8, 4) is 0 Å². The van der Waals surface area contributed by atoms with Crippen LogP contribution in [0.3, 0.4) is 0 Å². The van der Waals surface area contributed by atoms with Gasteiger partial charge in [-0.15, -0.1) is 0 Å². The molecule has 0 saturated carbocycles. The van der Waals surface area contributed by atoms with E-state index in [1.165, 1.54) is 23.1 Å². The van der Waals surface area contributed by atoms with E-state index in [-0.39, 0.29) is 6.04 Å². The third-order valence-electron chi connectivity index (χ3n) is 2.97. The molecule has 0 saturated heterocycles. The summed E-state index contributed by atoms with van der Waals surface area (Å²) >= 11 is 1.97. The number of hydrogen-bond donors (Lipinski definition) is 1. The lowest BCUT2D eigenvalue weighted by molar-refractivity contribution is 0.812. The molecule has 16 heavy (non-hydrogen) atoms. The van der Waals surface area contributed by atoms with Gasteiger partial charge in [0.2, 0.25) is 0 Å². The van der Waals surface area contributed by atoms with Gasteiger partial charge in [-0.05, 0) is 31.4 Å². The lowest BCUT2D eigenvalue weighted by Crippen LogP contribution is -2.16. The summed E-state index contributed by atoms with van der Waals surface area (Å²) in [4.78, 5) is 0. The molecule has 0 spiro atoms. The number of nitrogens with two attached hydrogens (primary N) is 1. The van der Waals surface area contributed by atoms with Gasteiger partial charge in [-0.3, -0.25) is 0 Å². The predicted molar refractivity (Wildman–Crippen MR) is 75.1 cm³/mol. The van der Waals surface area contributed by atoms with Crippen molar-refractivity contribution in [1.29, 1.82) is 0 Å². The Morgan fingerprint density at radius 3 is 2.62 bits per heavy atom. The van der Waals surface area contributed by atoms with Gasteiger partial charge < -0.3 is 5.73 Å². The monoisotopic (exact) mass is 237 g/mol. The number of aryl methyl sites for hydroxylation is 2. The highest BCUT2D eigenvalue weighted by Crippen LogP contribution is 2.23. The molecule has 0 heterocycles. The van der Waals surface area contributed by atoms with Crippen molar-refractivity contribution >= 4 is 11.8 Å². The van der Waals surface area contributed by atoms with Crippen LogP contribution in [0.15, 0.2) is 18.2 Å². The zero-order chi connectivity index (χ0) is 12.1. The number of thioether (sulfide) groups is 1. The summed E-state index contributed by atoms with van der Waals surface area (Å²) in [6, 6.07) is 6.70. The standard InChI is InChI=1S/C14H23NS/c1-5-12(4)16-9-14(15)13-8-10(2)6-7-11(13)3/h6-8,12,14H,5,9,15H2,1-4H3. The molecule has 0 aromatic heterocycles. The van der Waals surface area contributed by atoms with Gasteiger partial charge in [-0.1, -0.05) is 37.6 Å². The van der Waals surface area contributed by atoms with Gasteiger partial charge in [-0.2, -0.15) is 11.8 Å². The average molecular weight is 237 g/mol. The van der Waals surface area contributed by atoms with Crippen LogP contribution < -0.4 is 5.73 Å². The fraction of sp³-hybridized carbons (Fsp3) is 0.571. The van der Waals surface area contributed by atoms with Crippen molar-refractivity contribution in [3.63, 3.8) is 0 Å². The molecule has 0 aliphatic heterocycles. The molecule has 2 N–H and O–H groups in total. The minimum Gasteiger partial charge on any atom is -0.323 e. The second kappa shape index (κ2) is 6.31. The molecule has 2 atom stereocenters. The van der Waals surface area contributed by atoms with Gasteiger partial charge in [0, 0.05) is 17.0 Å². The first-order chi connectivity index (χ1) is 7.54. The topological polar surface area (TPSA) is 26.0 Å². The van der Waals surface area contributed by atoms with Crippen LogP contribution in [-0.2, 0) is 0 Å². The lowest BCUT2D eigenvalue weighted by atomic mass is 10.0. The zero-order valence-corrected chi connectivity index (χ0v) is 11.6. The first-order valence-corrected chi connectivity index (χ1v) is 7.03. The Morgan fingerprint density at radius 2 is 2.00 bits per heavy atom. The molecule has 0 fully saturated rings. The summed E-state index contributed by atoms with van der Waals surface area (Å²) < 4.78 is 0. The summed E-state index contributed by atoms with van der Waals surface area (Å²) in [6.45, 7) is 8.75. The molecule has 1 aromatic carbocycles. The molecule has 0 radical (unpaired) electrons. The Hall–Kier alpha value is -0.470. The van der Waals surface area contributed by atoms with Crippen LogP contribution in [-0.4, -0.2) is 11.0 Å². The van der Waals surface area contributed by atoms with Gasteiger partial charge >= 0.3 is 0 Å². The maximum Gasteiger partial charge on any atom is 0.0389 e. The molecular formula is C14H23NS. The maximum absolute atomic E-state index is 6.25. The highest BCUT2D eigenvalue weighted by molar-refractivity contribution is 7.99. The molecule has 1 aromatic rings. The smallest absolute Gasteiger partial charge is 0.0389 e. The highest BCUT2D eigenvalue weighted by Gasteiger charge is 2.10. The van der Waals surface area contributed by atoms with E-state index in [1.807, 2.05) is 11.8 Å². The van der Waals surface area contributed by atoms with Crippen LogP contribution in [0.4, 0.5) is 0 Å². The summed E-state index contributed by atoms with van der Waals surface area (Å²) in [7, 11) is 0. The van der Waals surface area contributed by atoms with Crippen LogP contribution in [0, 0.1) is 13.8 Å². The van der Waals surface area contributed by atoms with Crippen LogP contribution in [0.1, 0.15) is 43.0 Å². The maximum atomic E-state index is 6.25. The second-order valence-electron chi connectivity index (χ2n) is 4.52. The molecule has 1 rings (SSSR count). The van der Waals surface area contributed by atoms with E-state index in [4.69, 9.17) is 5.73 Å². The Kier molecular flexibility index (Phi) is 5.36. The highest BCUT2D eigenvalue weighted by atomic mass is 32.2. The van der Waals surface area contributed by atoms with Crippen molar-refractivity contribution < 1.29 is 0 Å². The minimum absolute atomic E-state index is 0.166. The van der Waals surface area contributed by atoms with Crippen molar-refractivity contribution in [1.82, 2.24) is 0 Å². The van der Waals surface area contributed by atoms with Crippen LogP contribution in [0.2, 0.25) is 0 Å². The van der Waals surface area contributed by atoms with Gasteiger partial charge in [-0.25, -0.2) is 0 Å². The van der Waals surface area contributed by atoms with Crippen molar-refractivity contribution in [2.45, 2.75) is 45.4 Å². The van der Waals surface area contributed by atoms with E-state index in [2.05, 4.69) is 45.9 Å². The van der Waals surface area contributed by atoms with Gasteiger partial charge in [0.1, 0.15) is 0 Å². The molecule has 2 unspecified atom stereocenters. The first kappa shape index (κ1) is 13.6. The summed E-state index contributed by atoms with van der Waals surface area (Å²) in [5.41, 5.74) is 10.2. The quantitative estimate of drug-likeness (QED) is 0.842. The van der Waals surface area contributed by atoms with E-state index in [9.17, 15) is 0 Å². The summed E-state index contributed by atoms with van der Waals surface area (Å²) in [5.74, 6) is 1.01. The average Bonchev–Trinajstić information content (AvgIpc) is 2.28. The van der Waals surface area contributed by atoms with Gasteiger partial charge in [0.25, 0.3) is 0 Å². The largest absolute Gasteiger partial charge is 0.323 e. The Morgan fingerprint density at radius 1 is 1.31 bits per heavy atom. The molecule has 0 bridgehead atoms. The van der Waals surface area contributed by atoms with Crippen LogP contribution in [0.5, 0.6) is 0 Å². The fourth-order valence-electron chi connectivity index (χ4n) is 1.63. The number of benzene rings is 1. The summed E-state index contributed by atoms with van der Waals surface area (Å²) in [5, 5.41) is 0.705. The van der Waals surface area contributed by atoms with E-state index < -0.39 is 0 Å². The zero-order valence-electron chi connectivity index (χ0n) is 10.8. The number of rotatable bonds is 5. The van der Waals surface area contributed by atoms with Crippen LogP contribution >= 0.6 is 11.8 Å². The van der Waals surface area contributed by atoms with E-state index in [1.54, 1.807) is 0 Å². The Labute approximate surface area is 104 Å². The van der Waals surface area contributed by atoms with Crippen molar-refractivity contribution in [2.75, 3.05) is 5.75 Å². The van der Waals surface area contributed by atoms with Gasteiger partial charge in [0.05, 0.1) is 0 Å². The van der Waals surface area contributed by atoms with Crippen molar-refractivity contribution in [3.05, 3.63) is 34.9 Å². The SMILES string of the molecule is CCC(C)SCC(N)c1cc(C)ccc1C. The van der Waals surface area contributed by atoms with Gasteiger partial charge in [0.15, 0.2) is 0 Å². The molecule has 0 aliphatic rings. The molecule has 90 valence electrons. The molecule has 2 heteroatoms. The lowest BCUT2D eigenvalue weighted by Gasteiger charge is -2.17. The fourth-order valence-corrected chi connectivity index (χ4v) is 2.59. The second-order valence-corrected chi connectivity index (χ2v) is 5.99. The van der Waals surface area contributed by atoms with E-state index in [0.717, 1.165) is 5.75 Å². The third kappa shape index (κ3) is 3.84. The third-order valence-corrected chi connectivity index (χ3v) is 4.42. The predicted octanol–water partition coefficient (Wildman–Crippen LogP) is 3.83. The molecular weight excluding hydrogens is 214 g/mol. The minimum atomic E-state index is 0.166. The normalized spacial score (nSPS) is 14.8. The molecule has 0 aliphatic carbocycles. The number of hydrogen-bond acceptors (Lipinski definition) is 2.